The van der Waals surface area contributed by atoms with E-state index < -0.39 is 11.8 Å². The van der Waals surface area contributed by atoms with Crippen molar-refractivity contribution in [1.82, 2.24) is 4.90 Å². The smallest absolute Gasteiger partial charge is 0.313 e. The minimum absolute atomic E-state index is 0.0145. The number of benzene rings is 1. The first kappa shape index (κ1) is 15.8. The number of anilines is 1. The molecular weight excluding hydrogens is 292 g/mol. The normalized spacial score (nSPS) is 18.4. The SMILES string of the molecule is O=C(Nc1ccccc1Cl)C(=O)N1CCCCC1CCO. The van der Waals surface area contributed by atoms with Gasteiger partial charge in [0.25, 0.3) is 0 Å². The van der Waals surface area contributed by atoms with Crippen molar-refractivity contribution >= 4 is 29.1 Å². The van der Waals surface area contributed by atoms with Crippen LogP contribution in [0, 0.1) is 0 Å². The number of nitrogens with zero attached hydrogens (tertiary/aromatic N) is 1. The highest BCUT2D eigenvalue weighted by Gasteiger charge is 2.30. The third kappa shape index (κ3) is 3.95. The summed E-state index contributed by atoms with van der Waals surface area (Å²) in [5.74, 6) is -1.25. The number of rotatable bonds is 3. The molecule has 21 heavy (non-hydrogen) atoms. The van der Waals surface area contributed by atoms with Gasteiger partial charge in [0.15, 0.2) is 0 Å². The average Bonchev–Trinajstić information content (AvgIpc) is 2.50. The Morgan fingerprint density at radius 1 is 1.33 bits per heavy atom. The molecule has 0 aliphatic carbocycles. The van der Waals surface area contributed by atoms with Crippen LogP contribution < -0.4 is 5.32 Å². The maximum atomic E-state index is 12.3. The summed E-state index contributed by atoms with van der Waals surface area (Å²) in [4.78, 5) is 25.9. The van der Waals surface area contributed by atoms with Gasteiger partial charge in [-0.1, -0.05) is 23.7 Å². The molecule has 1 aliphatic heterocycles. The molecule has 1 aromatic rings. The van der Waals surface area contributed by atoms with Crippen LogP contribution in [0.5, 0.6) is 0 Å². The monoisotopic (exact) mass is 310 g/mol. The second-order valence-electron chi connectivity index (χ2n) is 5.09. The molecule has 0 spiro atoms. The molecule has 114 valence electrons. The van der Waals surface area contributed by atoms with Crippen molar-refractivity contribution < 1.29 is 14.7 Å². The topological polar surface area (TPSA) is 69.6 Å². The largest absolute Gasteiger partial charge is 0.396 e. The lowest BCUT2D eigenvalue weighted by molar-refractivity contribution is -0.146. The Balaban J connectivity index is 2.04. The van der Waals surface area contributed by atoms with Gasteiger partial charge in [-0.15, -0.1) is 0 Å². The fourth-order valence-corrected chi connectivity index (χ4v) is 2.77. The highest BCUT2D eigenvalue weighted by molar-refractivity contribution is 6.41. The lowest BCUT2D eigenvalue weighted by Gasteiger charge is -2.35. The number of likely N-dealkylation sites (tertiary alicyclic amines) is 1. The number of halogens is 1. The van der Waals surface area contributed by atoms with Gasteiger partial charge < -0.3 is 15.3 Å². The minimum Gasteiger partial charge on any atom is -0.396 e. The zero-order valence-electron chi connectivity index (χ0n) is 11.7. The van der Waals surface area contributed by atoms with Gasteiger partial charge in [-0.25, -0.2) is 0 Å². The summed E-state index contributed by atoms with van der Waals surface area (Å²) in [6.07, 6.45) is 3.23. The van der Waals surface area contributed by atoms with E-state index in [2.05, 4.69) is 5.32 Å². The van der Waals surface area contributed by atoms with E-state index in [1.807, 2.05) is 0 Å². The van der Waals surface area contributed by atoms with Crippen LogP contribution >= 0.6 is 11.6 Å². The summed E-state index contributed by atoms with van der Waals surface area (Å²) in [6.45, 7) is 0.569. The fraction of sp³-hybridized carbons (Fsp3) is 0.467. The predicted octanol–water partition coefficient (Wildman–Crippen LogP) is 2.04. The molecule has 1 heterocycles. The van der Waals surface area contributed by atoms with E-state index in [4.69, 9.17) is 16.7 Å². The van der Waals surface area contributed by atoms with E-state index in [0.29, 0.717) is 23.7 Å². The zero-order chi connectivity index (χ0) is 15.2. The Labute approximate surface area is 128 Å². The molecule has 2 N–H and O–H groups in total. The Morgan fingerprint density at radius 3 is 2.81 bits per heavy atom. The van der Waals surface area contributed by atoms with Gasteiger partial charge in [0.2, 0.25) is 0 Å². The zero-order valence-corrected chi connectivity index (χ0v) is 12.5. The van der Waals surface area contributed by atoms with Crippen LogP contribution in [0.1, 0.15) is 25.7 Å². The maximum absolute atomic E-state index is 12.3. The number of hydrogen-bond acceptors (Lipinski definition) is 3. The first-order chi connectivity index (χ1) is 10.1. The standard InChI is InChI=1S/C15H19ClN2O3/c16-12-6-1-2-7-13(12)17-14(20)15(21)18-9-4-3-5-11(18)8-10-19/h1-2,6-7,11,19H,3-5,8-10H2,(H,17,20). The van der Waals surface area contributed by atoms with Crippen LogP contribution in [-0.2, 0) is 9.59 Å². The second-order valence-corrected chi connectivity index (χ2v) is 5.50. The number of piperidine rings is 1. The Bertz CT molecular complexity index is 519. The summed E-state index contributed by atoms with van der Waals surface area (Å²) in [5.41, 5.74) is 0.424. The maximum Gasteiger partial charge on any atom is 0.313 e. The van der Waals surface area contributed by atoms with Gasteiger partial charge in [-0.05, 0) is 37.8 Å². The molecule has 0 saturated carbocycles. The number of amides is 2. The van der Waals surface area contributed by atoms with Gasteiger partial charge in [0.05, 0.1) is 10.7 Å². The second kappa shape index (κ2) is 7.43. The molecule has 2 amide bonds. The summed E-state index contributed by atoms with van der Waals surface area (Å²) in [7, 11) is 0. The number of aliphatic hydroxyl groups is 1. The van der Waals surface area contributed by atoms with Crippen LogP contribution in [-0.4, -0.2) is 41.0 Å². The highest BCUT2D eigenvalue weighted by atomic mass is 35.5. The number of hydrogen-bond donors (Lipinski definition) is 2. The van der Waals surface area contributed by atoms with Crippen molar-refractivity contribution in [2.24, 2.45) is 0 Å². The Kier molecular flexibility index (Phi) is 5.59. The molecule has 1 unspecified atom stereocenters. The molecule has 1 fully saturated rings. The summed E-state index contributed by atoms with van der Waals surface area (Å²) < 4.78 is 0. The van der Waals surface area contributed by atoms with E-state index in [-0.39, 0.29) is 12.6 Å². The summed E-state index contributed by atoms with van der Waals surface area (Å²) in [6, 6.07) is 6.73. The van der Waals surface area contributed by atoms with Crippen molar-refractivity contribution in [2.75, 3.05) is 18.5 Å². The van der Waals surface area contributed by atoms with Crippen molar-refractivity contribution in [2.45, 2.75) is 31.7 Å². The lowest BCUT2D eigenvalue weighted by Crippen LogP contribution is -2.48. The summed E-state index contributed by atoms with van der Waals surface area (Å²) >= 11 is 5.96. The van der Waals surface area contributed by atoms with Gasteiger partial charge in [0, 0.05) is 19.2 Å². The van der Waals surface area contributed by atoms with Crippen LogP contribution in [0.4, 0.5) is 5.69 Å². The molecule has 0 bridgehead atoms. The van der Waals surface area contributed by atoms with Crippen molar-refractivity contribution in [3.05, 3.63) is 29.3 Å². The summed E-state index contributed by atoms with van der Waals surface area (Å²) in [5, 5.41) is 12.0. The molecule has 6 heteroatoms. The first-order valence-electron chi connectivity index (χ1n) is 7.11. The molecule has 0 radical (unpaired) electrons. The van der Waals surface area contributed by atoms with Crippen molar-refractivity contribution in [3.8, 4) is 0 Å². The molecule has 5 nitrogen and oxygen atoms in total. The fourth-order valence-electron chi connectivity index (χ4n) is 2.59. The molecule has 0 aromatic heterocycles. The highest BCUT2D eigenvalue weighted by Crippen LogP contribution is 2.22. The molecule has 1 saturated heterocycles. The average molecular weight is 311 g/mol. The molecule has 1 aliphatic rings. The number of nitrogens with one attached hydrogen (secondary N) is 1. The number of carbonyl (C=O) groups is 2. The lowest BCUT2D eigenvalue weighted by atomic mass is 9.99. The number of para-hydroxylation sites is 1. The third-order valence-corrected chi connectivity index (χ3v) is 4.00. The molecule has 1 atom stereocenters. The van der Waals surface area contributed by atoms with Gasteiger partial charge in [-0.3, -0.25) is 9.59 Å². The molecule has 1 aromatic carbocycles. The minimum atomic E-state index is -0.687. The Morgan fingerprint density at radius 2 is 2.10 bits per heavy atom. The van der Waals surface area contributed by atoms with Gasteiger partial charge in [-0.2, -0.15) is 0 Å². The van der Waals surface area contributed by atoms with Crippen LogP contribution in [0.3, 0.4) is 0 Å². The quantitative estimate of drug-likeness (QED) is 0.839. The van der Waals surface area contributed by atoms with E-state index in [1.54, 1.807) is 29.2 Å². The molecular formula is C15H19ClN2O3. The van der Waals surface area contributed by atoms with E-state index in [9.17, 15) is 9.59 Å². The number of aliphatic hydroxyl groups excluding tert-OH is 1. The van der Waals surface area contributed by atoms with E-state index in [1.165, 1.54) is 0 Å². The molecule has 2 rings (SSSR count). The van der Waals surface area contributed by atoms with Crippen LogP contribution in [0.25, 0.3) is 0 Å². The Hall–Kier alpha value is -1.59. The van der Waals surface area contributed by atoms with Crippen molar-refractivity contribution in [3.63, 3.8) is 0 Å². The van der Waals surface area contributed by atoms with Crippen LogP contribution in [0.2, 0.25) is 5.02 Å². The van der Waals surface area contributed by atoms with Gasteiger partial charge in [0.1, 0.15) is 0 Å². The van der Waals surface area contributed by atoms with Crippen molar-refractivity contribution in [1.29, 1.82) is 0 Å². The van der Waals surface area contributed by atoms with Gasteiger partial charge >= 0.3 is 11.8 Å². The van der Waals surface area contributed by atoms with E-state index in [0.717, 1.165) is 19.3 Å². The first-order valence-corrected chi connectivity index (χ1v) is 7.48. The van der Waals surface area contributed by atoms with Crippen LogP contribution in [0.15, 0.2) is 24.3 Å². The number of carbonyl (C=O) groups excluding carboxylic acids is 2. The predicted molar refractivity (Wildman–Crippen MR) is 81.1 cm³/mol. The van der Waals surface area contributed by atoms with E-state index >= 15 is 0 Å². The third-order valence-electron chi connectivity index (χ3n) is 3.67.